The zero-order valence-electron chi connectivity index (χ0n) is 12.9. The van der Waals surface area contributed by atoms with E-state index in [9.17, 15) is 0 Å². The van der Waals surface area contributed by atoms with Gasteiger partial charge in [-0.2, -0.15) is 0 Å². The van der Waals surface area contributed by atoms with Crippen LogP contribution < -0.4 is 5.32 Å². The van der Waals surface area contributed by atoms with E-state index in [-0.39, 0.29) is 0 Å². The van der Waals surface area contributed by atoms with Gasteiger partial charge < -0.3 is 14.5 Å². The van der Waals surface area contributed by atoms with Crippen molar-refractivity contribution in [2.45, 2.75) is 53.7 Å². The first-order valence-corrected chi connectivity index (χ1v) is 7.43. The predicted molar refractivity (Wildman–Crippen MR) is 79.0 cm³/mol. The lowest BCUT2D eigenvalue weighted by Gasteiger charge is -2.08. The van der Waals surface area contributed by atoms with Crippen LogP contribution in [-0.2, 0) is 17.9 Å². The van der Waals surface area contributed by atoms with Crippen LogP contribution in [0.15, 0.2) is 16.7 Å². The predicted octanol–water partition coefficient (Wildman–Crippen LogP) is 3.98. The molecule has 1 aromatic rings. The molecular formula is C16H29NO2. The van der Waals surface area contributed by atoms with Gasteiger partial charge in [0.05, 0.1) is 19.4 Å². The number of hydrogen-bond acceptors (Lipinski definition) is 3. The van der Waals surface area contributed by atoms with Crippen molar-refractivity contribution >= 4 is 0 Å². The molecule has 0 aliphatic heterocycles. The largest absolute Gasteiger partial charge is 0.468 e. The minimum atomic E-state index is 0.658. The molecule has 1 heterocycles. The Morgan fingerprint density at radius 2 is 2.00 bits per heavy atom. The summed E-state index contributed by atoms with van der Waals surface area (Å²) in [5.74, 6) is 2.42. The quantitative estimate of drug-likeness (QED) is 0.651. The molecule has 0 radical (unpaired) electrons. The van der Waals surface area contributed by atoms with Gasteiger partial charge >= 0.3 is 0 Å². The van der Waals surface area contributed by atoms with Crippen LogP contribution in [0, 0.1) is 11.8 Å². The molecule has 3 nitrogen and oxygen atoms in total. The molecule has 0 bridgehead atoms. The van der Waals surface area contributed by atoms with Gasteiger partial charge in [0.2, 0.25) is 0 Å². The molecule has 1 aromatic heterocycles. The molecule has 0 atom stereocenters. The van der Waals surface area contributed by atoms with Gasteiger partial charge in [-0.3, -0.25) is 0 Å². The summed E-state index contributed by atoms with van der Waals surface area (Å²) in [5, 5.41) is 3.39. The number of nitrogens with one attached hydrogen (secondary N) is 1. The normalized spacial score (nSPS) is 11.7. The van der Waals surface area contributed by atoms with Gasteiger partial charge in [-0.25, -0.2) is 0 Å². The molecule has 1 rings (SSSR count). The Labute approximate surface area is 117 Å². The van der Waals surface area contributed by atoms with Gasteiger partial charge in [0.1, 0.15) is 5.76 Å². The van der Waals surface area contributed by atoms with E-state index in [0.29, 0.717) is 12.5 Å². The summed E-state index contributed by atoms with van der Waals surface area (Å²) in [5.41, 5.74) is 1.17. The molecule has 110 valence electrons. The lowest BCUT2D eigenvalue weighted by molar-refractivity contribution is 0.113. The first-order chi connectivity index (χ1) is 9.09. The molecule has 3 heteroatoms. The summed E-state index contributed by atoms with van der Waals surface area (Å²) in [4.78, 5) is 0. The zero-order chi connectivity index (χ0) is 14.1. The van der Waals surface area contributed by atoms with E-state index in [1.165, 1.54) is 12.0 Å². The van der Waals surface area contributed by atoms with E-state index >= 15 is 0 Å². The van der Waals surface area contributed by atoms with E-state index < -0.39 is 0 Å². The fourth-order valence-corrected chi connectivity index (χ4v) is 1.90. The lowest BCUT2D eigenvalue weighted by Crippen LogP contribution is -2.19. The Hall–Kier alpha value is -0.800. The van der Waals surface area contributed by atoms with Gasteiger partial charge in [0.25, 0.3) is 0 Å². The second-order valence-corrected chi connectivity index (χ2v) is 5.98. The van der Waals surface area contributed by atoms with Gasteiger partial charge in [-0.1, -0.05) is 27.7 Å². The third kappa shape index (κ3) is 7.38. The molecule has 0 saturated carbocycles. The molecule has 19 heavy (non-hydrogen) atoms. The summed E-state index contributed by atoms with van der Waals surface area (Å²) < 4.78 is 11.2. The average Bonchev–Trinajstić information content (AvgIpc) is 2.75. The fourth-order valence-electron chi connectivity index (χ4n) is 1.90. The van der Waals surface area contributed by atoms with Gasteiger partial charge in [-0.05, 0) is 37.3 Å². The zero-order valence-corrected chi connectivity index (χ0v) is 12.9. The van der Waals surface area contributed by atoms with Crippen molar-refractivity contribution < 1.29 is 9.15 Å². The van der Waals surface area contributed by atoms with Crippen LogP contribution in [0.4, 0.5) is 0 Å². The van der Waals surface area contributed by atoms with Crippen molar-refractivity contribution in [3.63, 3.8) is 0 Å². The van der Waals surface area contributed by atoms with Crippen LogP contribution in [0.2, 0.25) is 0 Å². The molecule has 0 aliphatic rings. The minimum absolute atomic E-state index is 0.658. The summed E-state index contributed by atoms with van der Waals surface area (Å²) in [6.07, 6.45) is 4.11. The maximum atomic E-state index is 5.71. The molecule has 0 fully saturated rings. The Balaban J connectivity index is 2.21. The Bertz CT molecular complexity index is 331. The van der Waals surface area contributed by atoms with Crippen molar-refractivity contribution in [2.75, 3.05) is 13.2 Å². The van der Waals surface area contributed by atoms with Gasteiger partial charge in [0, 0.05) is 12.2 Å². The highest BCUT2D eigenvalue weighted by Crippen LogP contribution is 2.12. The van der Waals surface area contributed by atoms with E-state index in [0.717, 1.165) is 37.8 Å². The molecule has 1 N–H and O–H groups in total. The SMILES string of the molecule is CC(C)CCCOCc1ccoc1CNCC(C)C. The van der Waals surface area contributed by atoms with Crippen LogP contribution in [0.1, 0.15) is 51.9 Å². The maximum Gasteiger partial charge on any atom is 0.123 e. The molecule has 0 amide bonds. The van der Waals surface area contributed by atoms with Crippen LogP contribution in [-0.4, -0.2) is 13.2 Å². The fraction of sp³-hybridized carbons (Fsp3) is 0.750. The Kier molecular flexibility index (Phi) is 7.84. The molecular weight excluding hydrogens is 238 g/mol. The summed E-state index contributed by atoms with van der Waals surface area (Å²) in [6, 6.07) is 2.01. The van der Waals surface area contributed by atoms with Crippen LogP contribution in [0.5, 0.6) is 0 Å². The molecule has 0 unspecified atom stereocenters. The smallest absolute Gasteiger partial charge is 0.123 e. The first-order valence-electron chi connectivity index (χ1n) is 7.43. The number of rotatable bonds is 10. The van der Waals surface area contributed by atoms with Crippen molar-refractivity contribution in [2.24, 2.45) is 11.8 Å². The van der Waals surface area contributed by atoms with E-state index in [4.69, 9.17) is 9.15 Å². The first kappa shape index (κ1) is 16.3. The highest BCUT2D eigenvalue weighted by atomic mass is 16.5. The second kappa shape index (κ2) is 9.16. The van der Waals surface area contributed by atoms with E-state index in [1.807, 2.05) is 6.07 Å². The van der Waals surface area contributed by atoms with E-state index in [1.54, 1.807) is 6.26 Å². The number of hydrogen-bond donors (Lipinski definition) is 1. The molecule has 0 aliphatic carbocycles. The molecule has 0 spiro atoms. The van der Waals surface area contributed by atoms with Gasteiger partial charge in [0.15, 0.2) is 0 Å². The summed E-state index contributed by atoms with van der Waals surface area (Å²) in [7, 11) is 0. The number of ether oxygens (including phenoxy) is 1. The third-order valence-electron chi connectivity index (χ3n) is 3.00. The third-order valence-corrected chi connectivity index (χ3v) is 3.00. The molecule has 0 aromatic carbocycles. The highest BCUT2D eigenvalue weighted by Gasteiger charge is 2.06. The topological polar surface area (TPSA) is 34.4 Å². The van der Waals surface area contributed by atoms with Crippen LogP contribution >= 0.6 is 0 Å². The summed E-state index contributed by atoms with van der Waals surface area (Å²) in [6.45, 7) is 12.2. The van der Waals surface area contributed by atoms with Crippen molar-refractivity contribution in [3.8, 4) is 0 Å². The summed E-state index contributed by atoms with van der Waals surface area (Å²) >= 11 is 0. The standard InChI is InChI=1S/C16H29NO2/c1-13(2)6-5-8-18-12-15-7-9-19-16(15)11-17-10-14(3)4/h7,9,13-14,17H,5-6,8,10-12H2,1-4H3. The number of furan rings is 1. The lowest BCUT2D eigenvalue weighted by atomic mass is 10.1. The minimum Gasteiger partial charge on any atom is -0.468 e. The van der Waals surface area contributed by atoms with E-state index in [2.05, 4.69) is 33.0 Å². The van der Waals surface area contributed by atoms with Gasteiger partial charge in [-0.15, -0.1) is 0 Å². The van der Waals surface area contributed by atoms with Crippen molar-refractivity contribution in [3.05, 3.63) is 23.7 Å². The Morgan fingerprint density at radius 3 is 2.68 bits per heavy atom. The maximum absolute atomic E-state index is 5.71. The van der Waals surface area contributed by atoms with Crippen LogP contribution in [0.25, 0.3) is 0 Å². The molecule has 0 saturated heterocycles. The monoisotopic (exact) mass is 267 g/mol. The van der Waals surface area contributed by atoms with Crippen molar-refractivity contribution in [1.82, 2.24) is 5.32 Å². The van der Waals surface area contributed by atoms with Crippen LogP contribution in [0.3, 0.4) is 0 Å². The second-order valence-electron chi connectivity index (χ2n) is 5.98. The highest BCUT2D eigenvalue weighted by molar-refractivity contribution is 5.15. The Morgan fingerprint density at radius 1 is 1.21 bits per heavy atom. The van der Waals surface area contributed by atoms with Crippen molar-refractivity contribution in [1.29, 1.82) is 0 Å². The average molecular weight is 267 g/mol.